The van der Waals surface area contributed by atoms with Crippen molar-refractivity contribution in [1.29, 1.82) is 0 Å². The van der Waals surface area contributed by atoms with Crippen LogP contribution in [0.15, 0.2) is 24.3 Å². The molecule has 2 rings (SSSR count). The van der Waals surface area contributed by atoms with E-state index in [1.165, 1.54) is 12.1 Å². The van der Waals surface area contributed by atoms with Gasteiger partial charge < -0.3 is 11.1 Å². The third kappa shape index (κ3) is 3.26. The average Bonchev–Trinajstić information content (AvgIpc) is 3.16. The van der Waals surface area contributed by atoms with Gasteiger partial charge in [-0.05, 0) is 37.6 Å². The summed E-state index contributed by atoms with van der Waals surface area (Å²) in [5.74, 6) is -0.495. The first-order chi connectivity index (χ1) is 8.86. The molecular formula is C13H15F3N2O. The second-order valence-corrected chi connectivity index (χ2v) is 4.97. The van der Waals surface area contributed by atoms with Crippen molar-refractivity contribution in [2.45, 2.75) is 19.0 Å². The molecule has 19 heavy (non-hydrogen) atoms. The molecule has 0 aliphatic heterocycles. The third-order valence-electron chi connectivity index (χ3n) is 3.47. The van der Waals surface area contributed by atoms with Crippen molar-refractivity contribution < 1.29 is 18.0 Å². The van der Waals surface area contributed by atoms with Crippen LogP contribution in [0.3, 0.4) is 0 Å². The van der Waals surface area contributed by atoms with E-state index < -0.39 is 17.6 Å². The quantitative estimate of drug-likeness (QED) is 0.882. The van der Waals surface area contributed by atoms with Gasteiger partial charge in [-0.3, -0.25) is 4.79 Å². The summed E-state index contributed by atoms with van der Waals surface area (Å²) in [5, 5.41) is 2.65. The van der Waals surface area contributed by atoms with Crippen LogP contribution in [0.5, 0.6) is 0 Å². The van der Waals surface area contributed by atoms with Crippen molar-refractivity contribution in [2.24, 2.45) is 11.1 Å². The molecule has 0 spiro atoms. The first-order valence-corrected chi connectivity index (χ1v) is 6.02. The van der Waals surface area contributed by atoms with E-state index >= 15 is 0 Å². The maximum Gasteiger partial charge on any atom is 0.416 e. The van der Waals surface area contributed by atoms with Crippen LogP contribution in [-0.2, 0) is 6.18 Å². The highest BCUT2D eigenvalue weighted by Crippen LogP contribution is 2.43. The summed E-state index contributed by atoms with van der Waals surface area (Å²) in [6.45, 7) is 0.897. The number of hydrogen-bond acceptors (Lipinski definition) is 2. The second kappa shape index (κ2) is 4.85. The van der Waals surface area contributed by atoms with E-state index in [-0.39, 0.29) is 11.0 Å². The highest BCUT2D eigenvalue weighted by molar-refractivity contribution is 5.94. The fraction of sp³-hybridized carbons (Fsp3) is 0.462. The number of benzene rings is 1. The molecule has 0 heterocycles. The SMILES string of the molecule is NCC1(CNC(=O)c2cccc(C(F)(F)F)c2)CC1. The molecule has 1 aromatic carbocycles. The lowest BCUT2D eigenvalue weighted by atomic mass is 10.1. The molecule has 1 aromatic rings. The first-order valence-electron chi connectivity index (χ1n) is 6.02. The van der Waals surface area contributed by atoms with Gasteiger partial charge in [-0.1, -0.05) is 6.07 Å². The average molecular weight is 272 g/mol. The predicted octanol–water partition coefficient (Wildman–Crippen LogP) is 2.17. The van der Waals surface area contributed by atoms with Crippen LogP contribution in [0.4, 0.5) is 13.2 Å². The molecule has 1 fully saturated rings. The Kier molecular flexibility index (Phi) is 3.54. The number of halogens is 3. The summed E-state index contributed by atoms with van der Waals surface area (Å²) in [6.07, 6.45) is -2.54. The number of nitrogens with two attached hydrogens (primary N) is 1. The van der Waals surface area contributed by atoms with Gasteiger partial charge in [-0.2, -0.15) is 13.2 Å². The highest BCUT2D eigenvalue weighted by Gasteiger charge is 2.41. The van der Waals surface area contributed by atoms with E-state index in [4.69, 9.17) is 5.73 Å². The van der Waals surface area contributed by atoms with Gasteiger partial charge in [0.1, 0.15) is 0 Å². The number of hydrogen-bond donors (Lipinski definition) is 2. The summed E-state index contributed by atoms with van der Waals surface area (Å²) in [5.41, 5.74) is 4.73. The third-order valence-corrected chi connectivity index (χ3v) is 3.47. The summed E-state index contributed by atoms with van der Waals surface area (Å²) in [7, 11) is 0. The minimum absolute atomic E-state index is 0.0163. The lowest BCUT2D eigenvalue weighted by molar-refractivity contribution is -0.137. The second-order valence-electron chi connectivity index (χ2n) is 4.97. The Balaban J connectivity index is 2.03. The normalized spacial score (nSPS) is 17.1. The molecule has 0 aromatic heterocycles. The number of carbonyl (C=O) groups excluding carboxylic acids is 1. The van der Waals surface area contributed by atoms with Crippen LogP contribution >= 0.6 is 0 Å². The molecule has 0 bridgehead atoms. The van der Waals surface area contributed by atoms with E-state index in [9.17, 15) is 18.0 Å². The van der Waals surface area contributed by atoms with Gasteiger partial charge in [0.2, 0.25) is 0 Å². The van der Waals surface area contributed by atoms with Gasteiger partial charge in [0.05, 0.1) is 5.56 Å². The first kappa shape index (κ1) is 13.9. The number of rotatable bonds is 4. The minimum atomic E-state index is -4.44. The van der Waals surface area contributed by atoms with Gasteiger partial charge >= 0.3 is 6.18 Å². The van der Waals surface area contributed by atoms with E-state index in [1.807, 2.05) is 0 Å². The number of amides is 1. The van der Waals surface area contributed by atoms with Crippen LogP contribution < -0.4 is 11.1 Å². The Labute approximate surface area is 109 Å². The molecule has 1 aliphatic rings. The van der Waals surface area contributed by atoms with Crippen LogP contribution in [0.1, 0.15) is 28.8 Å². The van der Waals surface area contributed by atoms with Crippen LogP contribution in [0, 0.1) is 5.41 Å². The Bertz CT molecular complexity index is 481. The lowest BCUT2D eigenvalue weighted by Gasteiger charge is -2.14. The van der Waals surface area contributed by atoms with E-state index in [0.29, 0.717) is 13.1 Å². The van der Waals surface area contributed by atoms with Gasteiger partial charge in [0.15, 0.2) is 0 Å². The number of nitrogens with one attached hydrogen (secondary N) is 1. The molecule has 1 aliphatic carbocycles. The van der Waals surface area contributed by atoms with E-state index in [1.54, 1.807) is 0 Å². The monoisotopic (exact) mass is 272 g/mol. The highest BCUT2D eigenvalue weighted by atomic mass is 19.4. The fourth-order valence-corrected chi connectivity index (χ4v) is 1.84. The molecule has 0 saturated heterocycles. The van der Waals surface area contributed by atoms with Crippen molar-refractivity contribution in [1.82, 2.24) is 5.32 Å². The van der Waals surface area contributed by atoms with Crippen molar-refractivity contribution in [3.63, 3.8) is 0 Å². The van der Waals surface area contributed by atoms with Crippen LogP contribution in [-0.4, -0.2) is 19.0 Å². The Morgan fingerprint density at radius 3 is 2.58 bits per heavy atom. The zero-order chi connectivity index (χ0) is 14.1. The van der Waals surface area contributed by atoms with Gasteiger partial charge in [-0.25, -0.2) is 0 Å². The Hall–Kier alpha value is -1.56. The molecule has 0 radical (unpaired) electrons. The molecule has 0 atom stereocenters. The lowest BCUT2D eigenvalue weighted by Crippen LogP contribution is -2.34. The molecule has 6 heteroatoms. The molecular weight excluding hydrogens is 257 g/mol. The van der Waals surface area contributed by atoms with Crippen molar-refractivity contribution in [3.8, 4) is 0 Å². The molecule has 3 nitrogen and oxygen atoms in total. The van der Waals surface area contributed by atoms with Crippen molar-refractivity contribution >= 4 is 5.91 Å². The molecule has 0 unspecified atom stereocenters. The maximum atomic E-state index is 12.5. The topological polar surface area (TPSA) is 55.1 Å². The van der Waals surface area contributed by atoms with Gasteiger partial charge in [0, 0.05) is 17.5 Å². The minimum Gasteiger partial charge on any atom is -0.351 e. The summed E-state index contributed by atoms with van der Waals surface area (Å²) in [4.78, 5) is 11.8. The van der Waals surface area contributed by atoms with Gasteiger partial charge in [0.25, 0.3) is 5.91 Å². The van der Waals surface area contributed by atoms with Crippen LogP contribution in [0.25, 0.3) is 0 Å². The fourth-order valence-electron chi connectivity index (χ4n) is 1.84. The zero-order valence-electron chi connectivity index (χ0n) is 10.3. The predicted molar refractivity (Wildman–Crippen MR) is 64.5 cm³/mol. The molecule has 3 N–H and O–H groups in total. The summed E-state index contributed by atoms with van der Waals surface area (Å²) < 4.78 is 37.6. The van der Waals surface area contributed by atoms with Crippen LogP contribution in [0.2, 0.25) is 0 Å². The van der Waals surface area contributed by atoms with E-state index in [2.05, 4.69) is 5.32 Å². The van der Waals surface area contributed by atoms with Crippen molar-refractivity contribution in [2.75, 3.05) is 13.1 Å². The maximum absolute atomic E-state index is 12.5. The standard InChI is InChI=1S/C13H15F3N2O/c14-13(15,16)10-3-1-2-9(6-10)11(19)18-8-12(7-17)4-5-12/h1-3,6H,4-5,7-8,17H2,(H,18,19). The smallest absolute Gasteiger partial charge is 0.351 e. The Morgan fingerprint density at radius 1 is 1.37 bits per heavy atom. The number of carbonyl (C=O) groups is 1. The van der Waals surface area contributed by atoms with E-state index in [0.717, 1.165) is 25.0 Å². The molecule has 1 saturated carbocycles. The summed E-state index contributed by atoms with van der Waals surface area (Å²) >= 11 is 0. The largest absolute Gasteiger partial charge is 0.416 e. The number of alkyl halides is 3. The summed E-state index contributed by atoms with van der Waals surface area (Å²) in [6, 6.07) is 4.40. The van der Waals surface area contributed by atoms with Gasteiger partial charge in [-0.15, -0.1) is 0 Å². The molecule has 1 amide bonds. The zero-order valence-corrected chi connectivity index (χ0v) is 10.3. The molecule has 104 valence electrons. The Morgan fingerprint density at radius 2 is 2.05 bits per heavy atom. The van der Waals surface area contributed by atoms with Crippen molar-refractivity contribution in [3.05, 3.63) is 35.4 Å².